The summed E-state index contributed by atoms with van der Waals surface area (Å²) in [4.78, 5) is 28.3. The normalized spacial score (nSPS) is 10.6. The van der Waals surface area contributed by atoms with E-state index in [0.29, 0.717) is 21.9 Å². The third-order valence-corrected chi connectivity index (χ3v) is 4.05. The number of carbonyl (C=O) groups excluding carboxylic acids is 2. The van der Waals surface area contributed by atoms with Gasteiger partial charge in [0, 0.05) is 11.9 Å². The molecule has 0 aliphatic carbocycles. The van der Waals surface area contributed by atoms with Crippen LogP contribution >= 0.6 is 11.6 Å². The second-order valence-corrected chi connectivity index (χ2v) is 6.24. The number of carbonyl (C=O) groups is 2. The van der Waals surface area contributed by atoms with E-state index in [1.54, 1.807) is 60.7 Å². The molecule has 28 heavy (non-hydrogen) atoms. The van der Waals surface area contributed by atoms with Gasteiger partial charge in [0.15, 0.2) is 0 Å². The van der Waals surface area contributed by atoms with Crippen molar-refractivity contribution in [3.63, 3.8) is 0 Å². The minimum absolute atomic E-state index is 0.280. The van der Waals surface area contributed by atoms with E-state index >= 15 is 0 Å². The lowest BCUT2D eigenvalue weighted by Gasteiger charge is -2.06. The molecule has 3 aromatic rings. The molecule has 140 valence electrons. The van der Waals surface area contributed by atoms with Crippen LogP contribution in [0, 0.1) is 6.92 Å². The first-order valence-corrected chi connectivity index (χ1v) is 8.73. The number of benzene rings is 2. The van der Waals surface area contributed by atoms with Crippen LogP contribution < -0.4 is 10.2 Å². The summed E-state index contributed by atoms with van der Waals surface area (Å²) in [5.74, 6) is -0.590. The van der Waals surface area contributed by atoms with Crippen molar-refractivity contribution in [2.24, 2.45) is 5.10 Å². The Hall–Kier alpha value is -3.51. The van der Waals surface area contributed by atoms with Gasteiger partial charge in [-0.25, -0.2) is 10.2 Å². The standard InChI is InChI=1S/C21H16ClN3O3/c1-14-9-10-16(13-23-14)20(26)25-24-12-15-5-4-6-17(11-15)28-21(27)18-7-2-3-8-19(18)22/h2-13H,1H3,(H,25,26)/b24-12-. The summed E-state index contributed by atoms with van der Waals surface area (Å²) in [5.41, 5.74) is 4.58. The van der Waals surface area contributed by atoms with Gasteiger partial charge in [-0.3, -0.25) is 9.78 Å². The van der Waals surface area contributed by atoms with Gasteiger partial charge in [-0.1, -0.05) is 35.9 Å². The van der Waals surface area contributed by atoms with Gasteiger partial charge in [-0.15, -0.1) is 0 Å². The number of pyridine rings is 1. The van der Waals surface area contributed by atoms with Crippen molar-refractivity contribution in [3.8, 4) is 5.75 Å². The topological polar surface area (TPSA) is 80.6 Å². The number of aryl methyl sites for hydroxylation is 1. The van der Waals surface area contributed by atoms with Gasteiger partial charge >= 0.3 is 5.97 Å². The van der Waals surface area contributed by atoms with Crippen LogP contribution in [0.3, 0.4) is 0 Å². The Morgan fingerprint density at radius 2 is 1.93 bits per heavy atom. The van der Waals surface area contributed by atoms with E-state index < -0.39 is 5.97 Å². The lowest BCUT2D eigenvalue weighted by atomic mass is 10.2. The van der Waals surface area contributed by atoms with Crippen molar-refractivity contribution in [2.45, 2.75) is 6.92 Å². The molecule has 0 unspecified atom stereocenters. The van der Waals surface area contributed by atoms with Crippen LogP contribution in [0.4, 0.5) is 0 Å². The highest BCUT2D eigenvalue weighted by atomic mass is 35.5. The molecule has 0 spiro atoms. The van der Waals surface area contributed by atoms with E-state index in [9.17, 15) is 9.59 Å². The third kappa shape index (κ3) is 5.02. The average Bonchev–Trinajstić information content (AvgIpc) is 2.69. The lowest BCUT2D eigenvalue weighted by Crippen LogP contribution is -2.17. The zero-order valence-electron chi connectivity index (χ0n) is 14.9. The zero-order chi connectivity index (χ0) is 19.9. The molecule has 7 heteroatoms. The number of esters is 1. The number of hydrazone groups is 1. The summed E-state index contributed by atoms with van der Waals surface area (Å²) >= 11 is 6.01. The van der Waals surface area contributed by atoms with Crippen LogP contribution in [0.1, 0.15) is 32.0 Å². The zero-order valence-corrected chi connectivity index (χ0v) is 15.7. The predicted molar refractivity (Wildman–Crippen MR) is 107 cm³/mol. The van der Waals surface area contributed by atoms with Gasteiger partial charge in [0.25, 0.3) is 5.91 Å². The Kier molecular flexibility index (Phi) is 6.14. The van der Waals surface area contributed by atoms with Gasteiger partial charge in [-0.05, 0) is 48.9 Å². The van der Waals surface area contributed by atoms with Crippen LogP contribution in [0.25, 0.3) is 0 Å². The summed E-state index contributed by atoms with van der Waals surface area (Å²) in [7, 11) is 0. The van der Waals surface area contributed by atoms with E-state index in [2.05, 4.69) is 15.5 Å². The second-order valence-electron chi connectivity index (χ2n) is 5.83. The van der Waals surface area contributed by atoms with Crippen molar-refractivity contribution in [1.82, 2.24) is 10.4 Å². The number of halogens is 1. The molecule has 1 N–H and O–H groups in total. The molecule has 0 atom stereocenters. The van der Waals surface area contributed by atoms with Crippen molar-refractivity contribution in [1.29, 1.82) is 0 Å². The van der Waals surface area contributed by atoms with Crippen molar-refractivity contribution in [2.75, 3.05) is 0 Å². The highest BCUT2D eigenvalue weighted by molar-refractivity contribution is 6.33. The smallest absolute Gasteiger partial charge is 0.345 e. The minimum atomic E-state index is -0.556. The number of amides is 1. The van der Waals surface area contributed by atoms with Crippen molar-refractivity contribution in [3.05, 3.63) is 94.3 Å². The monoisotopic (exact) mass is 393 g/mol. The van der Waals surface area contributed by atoms with E-state index in [4.69, 9.17) is 16.3 Å². The summed E-state index contributed by atoms with van der Waals surface area (Å²) < 4.78 is 5.35. The van der Waals surface area contributed by atoms with Crippen LogP contribution in [0.2, 0.25) is 5.02 Å². The number of aromatic nitrogens is 1. The highest BCUT2D eigenvalue weighted by Crippen LogP contribution is 2.19. The molecule has 0 fully saturated rings. The van der Waals surface area contributed by atoms with Gasteiger partial charge in [-0.2, -0.15) is 5.10 Å². The molecule has 1 amide bonds. The molecule has 0 radical (unpaired) electrons. The fraction of sp³-hybridized carbons (Fsp3) is 0.0476. The number of rotatable bonds is 5. The van der Waals surface area contributed by atoms with Gasteiger partial charge in [0.2, 0.25) is 0 Å². The number of ether oxygens (including phenoxy) is 1. The molecule has 0 saturated heterocycles. The molecule has 2 aromatic carbocycles. The van der Waals surface area contributed by atoms with Gasteiger partial charge < -0.3 is 4.74 Å². The molecular weight excluding hydrogens is 378 g/mol. The van der Waals surface area contributed by atoms with E-state index in [0.717, 1.165) is 5.69 Å². The number of nitrogens with one attached hydrogen (secondary N) is 1. The molecule has 0 saturated carbocycles. The Balaban J connectivity index is 1.63. The fourth-order valence-corrected chi connectivity index (χ4v) is 2.49. The molecule has 1 aromatic heterocycles. The van der Waals surface area contributed by atoms with E-state index in [-0.39, 0.29) is 11.5 Å². The Bertz CT molecular complexity index is 1030. The Labute approximate surface area is 166 Å². The molecular formula is C21H16ClN3O3. The fourth-order valence-electron chi connectivity index (χ4n) is 2.28. The Morgan fingerprint density at radius 1 is 1.11 bits per heavy atom. The molecule has 6 nitrogen and oxygen atoms in total. The number of hydrogen-bond acceptors (Lipinski definition) is 5. The van der Waals surface area contributed by atoms with Crippen molar-refractivity contribution >= 4 is 29.7 Å². The first-order valence-electron chi connectivity index (χ1n) is 8.36. The number of nitrogens with zero attached hydrogens (tertiary/aromatic N) is 2. The summed E-state index contributed by atoms with van der Waals surface area (Å²) in [6, 6.07) is 16.8. The van der Waals surface area contributed by atoms with Crippen LogP contribution in [0.15, 0.2) is 72.0 Å². The molecule has 0 aliphatic heterocycles. The van der Waals surface area contributed by atoms with E-state index in [1.807, 2.05) is 6.92 Å². The molecule has 3 rings (SSSR count). The maximum Gasteiger partial charge on any atom is 0.345 e. The highest BCUT2D eigenvalue weighted by Gasteiger charge is 2.12. The maximum atomic E-state index is 12.2. The second kappa shape index (κ2) is 8.92. The number of hydrogen-bond donors (Lipinski definition) is 1. The van der Waals surface area contributed by atoms with Crippen LogP contribution in [-0.2, 0) is 0 Å². The first kappa shape index (κ1) is 19.3. The summed E-state index contributed by atoms with van der Waals surface area (Å²) in [6.07, 6.45) is 2.93. The molecule has 0 bridgehead atoms. The Morgan fingerprint density at radius 3 is 2.68 bits per heavy atom. The summed E-state index contributed by atoms with van der Waals surface area (Å²) in [6.45, 7) is 1.84. The SMILES string of the molecule is Cc1ccc(C(=O)N/N=C\c2cccc(OC(=O)c3ccccc3Cl)c2)cn1. The minimum Gasteiger partial charge on any atom is -0.423 e. The van der Waals surface area contributed by atoms with Gasteiger partial charge in [0.05, 0.1) is 22.4 Å². The van der Waals surface area contributed by atoms with Gasteiger partial charge in [0.1, 0.15) is 5.75 Å². The maximum absolute atomic E-state index is 12.2. The van der Waals surface area contributed by atoms with Crippen LogP contribution in [0.5, 0.6) is 5.75 Å². The molecule has 0 aliphatic rings. The largest absolute Gasteiger partial charge is 0.423 e. The quantitative estimate of drug-likeness (QED) is 0.307. The third-order valence-electron chi connectivity index (χ3n) is 3.72. The van der Waals surface area contributed by atoms with Crippen molar-refractivity contribution < 1.29 is 14.3 Å². The lowest BCUT2D eigenvalue weighted by molar-refractivity contribution is 0.0734. The first-order chi connectivity index (χ1) is 13.5. The average molecular weight is 394 g/mol. The van der Waals surface area contributed by atoms with E-state index in [1.165, 1.54) is 12.4 Å². The van der Waals surface area contributed by atoms with Crippen LogP contribution in [-0.4, -0.2) is 23.1 Å². The summed E-state index contributed by atoms with van der Waals surface area (Å²) in [5, 5.41) is 4.24. The predicted octanol–water partition coefficient (Wildman–Crippen LogP) is 4.03. The molecule has 1 heterocycles.